The molecule has 0 spiro atoms. The van der Waals surface area contributed by atoms with Crippen molar-refractivity contribution in [2.24, 2.45) is 0 Å². The Labute approximate surface area is 140 Å². The minimum Gasteiger partial charge on any atom is -0.278 e. The molecular weight excluding hydrogens is 373 g/mol. The number of nitrogens with zero attached hydrogens (tertiary/aromatic N) is 1. The van der Waals surface area contributed by atoms with Gasteiger partial charge in [-0.05, 0) is 24.3 Å². The Kier molecular flexibility index (Phi) is 5.43. The predicted molar refractivity (Wildman–Crippen MR) is 83.3 cm³/mol. The zero-order valence-corrected chi connectivity index (χ0v) is 13.7. The van der Waals surface area contributed by atoms with Gasteiger partial charge in [-0.2, -0.15) is 13.2 Å². The molecule has 0 aliphatic carbocycles. The van der Waals surface area contributed by atoms with E-state index in [0.717, 1.165) is 0 Å². The molecule has 0 aliphatic heterocycles. The monoisotopic (exact) mass is 382 g/mol. The van der Waals surface area contributed by atoms with E-state index in [0.29, 0.717) is 11.8 Å². The van der Waals surface area contributed by atoms with Crippen molar-refractivity contribution in [2.45, 2.75) is 16.0 Å². The number of hydrogen-bond acceptors (Lipinski definition) is 4. The topological polar surface area (TPSA) is 59.1 Å². The molecule has 23 heavy (non-hydrogen) atoms. The van der Waals surface area contributed by atoms with E-state index in [9.17, 15) is 21.6 Å². The Balaban J connectivity index is 2.28. The molecule has 0 radical (unpaired) electrons. The van der Waals surface area contributed by atoms with Crippen LogP contribution in [0.2, 0.25) is 5.15 Å². The van der Waals surface area contributed by atoms with Crippen LogP contribution in [0.15, 0.2) is 52.4 Å². The Bertz CT molecular complexity index is 798. The summed E-state index contributed by atoms with van der Waals surface area (Å²) in [4.78, 5) is 3.58. The lowest BCUT2D eigenvalue weighted by molar-refractivity contribution is -0.105. The Morgan fingerprint density at radius 3 is 2.52 bits per heavy atom. The highest BCUT2D eigenvalue weighted by Crippen LogP contribution is 2.33. The number of halogens is 4. The van der Waals surface area contributed by atoms with E-state index in [1.807, 2.05) is 0 Å². The van der Waals surface area contributed by atoms with Gasteiger partial charge in [-0.25, -0.2) is 13.4 Å². The normalized spacial score (nSPS) is 12.2. The summed E-state index contributed by atoms with van der Waals surface area (Å²) in [5.41, 5.74) is 0.0432. The van der Waals surface area contributed by atoms with Gasteiger partial charge in [-0.1, -0.05) is 23.7 Å². The Hall–Kier alpha value is -1.45. The number of alkyl halides is 3. The smallest absolute Gasteiger partial charge is 0.278 e. The second-order valence-electron chi connectivity index (χ2n) is 4.30. The minimum absolute atomic E-state index is 0.0432. The van der Waals surface area contributed by atoms with E-state index in [2.05, 4.69) is 9.71 Å². The molecule has 1 aromatic heterocycles. The van der Waals surface area contributed by atoms with Gasteiger partial charge in [0.2, 0.25) is 0 Å². The summed E-state index contributed by atoms with van der Waals surface area (Å²) >= 11 is 6.25. The van der Waals surface area contributed by atoms with E-state index < -0.39 is 22.0 Å². The zero-order chi connectivity index (χ0) is 17.1. The quantitative estimate of drug-likeness (QED) is 0.622. The summed E-state index contributed by atoms with van der Waals surface area (Å²) < 4.78 is 63.9. The van der Waals surface area contributed by atoms with Crippen LogP contribution in [0.25, 0.3) is 0 Å². The number of para-hydroxylation sites is 1. The molecule has 1 N–H and O–H groups in total. The summed E-state index contributed by atoms with van der Waals surface area (Å²) in [6.07, 6.45) is -3.03. The van der Waals surface area contributed by atoms with Gasteiger partial charge in [0, 0.05) is 11.1 Å². The van der Waals surface area contributed by atoms with Gasteiger partial charge in [-0.15, -0.1) is 11.8 Å². The van der Waals surface area contributed by atoms with Gasteiger partial charge in [0.05, 0.1) is 11.4 Å². The molecule has 0 atom stereocenters. The number of anilines is 1. The number of sulfonamides is 1. The fourth-order valence-corrected chi connectivity index (χ4v) is 3.97. The minimum atomic E-state index is -4.36. The molecule has 2 rings (SSSR count). The molecule has 0 unspecified atom stereocenters. The number of hydrogen-bond donors (Lipinski definition) is 1. The van der Waals surface area contributed by atoms with E-state index in [4.69, 9.17) is 11.6 Å². The molecule has 0 amide bonds. The van der Waals surface area contributed by atoms with Crippen LogP contribution in [-0.4, -0.2) is 25.3 Å². The van der Waals surface area contributed by atoms with E-state index in [-0.39, 0.29) is 20.6 Å². The van der Waals surface area contributed by atoms with Crippen LogP contribution >= 0.6 is 23.4 Å². The summed E-state index contributed by atoms with van der Waals surface area (Å²) in [6, 6.07) is 8.46. The van der Waals surface area contributed by atoms with Gasteiger partial charge >= 0.3 is 6.18 Å². The van der Waals surface area contributed by atoms with Crippen molar-refractivity contribution in [1.29, 1.82) is 0 Å². The number of rotatable bonds is 5. The second kappa shape index (κ2) is 6.98. The van der Waals surface area contributed by atoms with Crippen molar-refractivity contribution in [3.8, 4) is 0 Å². The van der Waals surface area contributed by atoms with Gasteiger partial charge in [0.15, 0.2) is 0 Å². The standard InChI is InChI=1S/C13H10ClF3N2O2S2/c14-12-11(6-3-7-18-12)23(20,21)19-9-4-1-2-5-10(9)22-8-13(15,16)17/h1-7,19H,8H2. The fourth-order valence-electron chi connectivity index (χ4n) is 1.61. The lowest BCUT2D eigenvalue weighted by Gasteiger charge is -2.13. The van der Waals surface area contributed by atoms with Crippen LogP contribution in [-0.2, 0) is 10.0 Å². The molecule has 10 heteroatoms. The molecule has 2 aromatic rings. The maximum absolute atomic E-state index is 12.3. The predicted octanol–water partition coefficient (Wildman–Crippen LogP) is 4.19. The van der Waals surface area contributed by atoms with Crippen LogP contribution in [0.4, 0.5) is 18.9 Å². The van der Waals surface area contributed by atoms with Crippen molar-refractivity contribution in [3.05, 3.63) is 47.7 Å². The Morgan fingerprint density at radius 1 is 1.17 bits per heavy atom. The lowest BCUT2D eigenvalue weighted by atomic mass is 10.3. The van der Waals surface area contributed by atoms with Crippen molar-refractivity contribution in [2.75, 3.05) is 10.5 Å². The van der Waals surface area contributed by atoms with Crippen LogP contribution in [0.1, 0.15) is 0 Å². The first-order valence-corrected chi connectivity index (χ1v) is 8.96. The molecular formula is C13H10ClF3N2O2S2. The van der Waals surface area contributed by atoms with Crippen molar-refractivity contribution < 1.29 is 21.6 Å². The average Bonchev–Trinajstić information content (AvgIpc) is 2.45. The second-order valence-corrected chi connectivity index (χ2v) is 7.32. The van der Waals surface area contributed by atoms with Crippen LogP contribution in [0, 0.1) is 0 Å². The molecule has 4 nitrogen and oxygen atoms in total. The lowest BCUT2D eigenvalue weighted by Crippen LogP contribution is -2.15. The van der Waals surface area contributed by atoms with E-state index in [1.165, 1.54) is 42.6 Å². The molecule has 0 fully saturated rings. The van der Waals surface area contributed by atoms with Crippen molar-refractivity contribution in [3.63, 3.8) is 0 Å². The van der Waals surface area contributed by atoms with Crippen LogP contribution < -0.4 is 4.72 Å². The number of benzene rings is 1. The summed E-state index contributed by atoms with van der Waals surface area (Å²) in [6.45, 7) is 0. The molecule has 0 aliphatic rings. The van der Waals surface area contributed by atoms with Crippen molar-refractivity contribution in [1.82, 2.24) is 4.98 Å². The maximum Gasteiger partial charge on any atom is 0.398 e. The molecule has 1 heterocycles. The zero-order valence-electron chi connectivity index (χ0n) is 11.3. The first-order valence-electron chi connectivity index (χ1n) is 6.11. The highest BCUT2D eigenvalue weighted by molar-refractivity contribution is 7.99. The van der Waals surface area contributed by atoms with Crippen molar-refractivity contribution >= 4 is 39.1 Å². The summed E-state index contributed by atoms with van der Waals surface area (Å²) in [5, 5.41) is -0.222. The van der Waals surface area contributed by atoms with Gasteiger partial charge in [-0.3, -0.25) is 4.72 Å². The highest BCUT2D eigenvalue weighted by Gasteiger charge is 2.28. The summed E-state index contributed by atoms with van der Waals surface area (Å²) in [7, 11) is -4.06. The van der Waals surface area contributed by atoms with Gasteiger partial charge in [0.1, 0.15) is 10.0 Å². The molecule has 1 aromatic carbocycles. The third kappa shape index (κ3) is 5.02. The number of thioether (sulfide) groups is 1. The molecule has 0 bridgehead atoms. The van der Waals surface area contributed by atoms with E-state index in [1.54, 1.807) is 0 Å². The van der Waals surface area contributed by atoms with Crippen LogP contribution in [0.3, 0.4) is 0 Å². The third-order valence-electron chi connectivity index (χ3n) is 2.54. The van der Waals surface area contributed by atoms with Gasteiger partial charge in [0.25, 0.3) is 10.0 Å². The largest absolute Gasteiger partial charge is 0.398 e. The molecule has 0 saturated carbocycles. The summed E-state index contributed by atoms with van der Waals surface area (Å²) in [5.74, 6) is -1.13. The number of nitrogens with one attached hydrogen (secondary N) is 1. The molecule has 124 valence electrons. The fraction of sp³-hybridized carbons (Fsp3) is 0.154. The number of pyridine rings is 1. The molecule has 0 saturated heterocycles. The third-order valence-corrected chi connectivity index (χ3v) is 5.49. The van der Waals surface area contributed by atoms with E-state index >= 15 is 0 Å². The first-order chi connectivity index (χ1) is 10.7. The first kappa shape index (κ1) is 17.9. The number of aromatic nitrogens is 1. The maximum atomic E-state index is 12.3. The average molecular weight is 383 g/mol. The van der Waals surface area contributed by atoms with Gasteiger partial charge < -0.3 is 0 Å². The Morgan fingerprint density at radius 2 is 1.87 bits per heavy atom. The highest BCUT2D eigenvalue weighted by atomic mass is 35.5. The SMILES string of the molecule is O=S(=O)(Nc1ccccc1SCC(F)(F)F)c1cccnc1Cl. The van der Waals surface area contributed by atoms with Crippen LogP contribution in [0.5, 0.6) is 0 Å².